The fraction of sp³-hybridized carbons (Fsp3) is 0.552. The number of likely N-dealkylation sites (tertiary alicyclic amines) is 2. The minimum Gasteiger partial charge on any atom is -0.492 e. The Kier molecular flexibility index (Phi) is 8.03. The predicted octanol–water partition coefficient (Wildman–Crippen LogP) is 4.80. The molecule has 7 nitrogen and oxygen atoms in total. The van der Waals surface area contributed by atoms with Gasteiger partial charge in [-0.3, -0.25) is 14.6 Å². The van der Waals surface area contributed by atoms with Gasteiger partial charge in [-0.05, 0) is 87.9 Å². The highest BCUT2D eigenvalue weighted by molar-refractivity contribution is 5.98. The first-order chi connectivity index (χ1) is 19.1. The van der Waals surface area contributed by atoms with Crippen molar-refractivity contribution in [2.24, 2.45) is 17.1 Å². The number of hydrogen-bond donors (Lipinski definition) is 1. The van der Waals surface area contributed by atoms with Crippen molar-refractivity contribution >= 4 is 11.8 Å². The number of pyridine rings is 1. The molecule has 3 fully saturated rings. The molecule has 40 heavy (non-hydrogen) atoms. The summed E-state index contributed by atoms with van der Waals surface area (Å²) in [7, 11) is 0. The first-order valence-electron chi connectivity index (χ1n) is 13.8. The second-order valence-electron chi connectivity index (χ2n) is 11.3. The van der Waals surface area contributed by atoms with Crippen molar-refractivity contribution in [1.82, 2.24) is 14.8 Å². The molecule has 0 spiro atoms. The van der Waals surface area contributed by atoms with Crippen LogP contribution in [-0.4, -0.2) is 71.6 Å². The minimum absolute atomic E-state index is 0.0906. The molecule has 216 valence electrons. The molecule has 5 rings (SSSR count). The number of ether oxygens (including phenoxy) is 1. The summed E-state index contributed by atoms with van der Waals surface area (Å²) in [6, 6.07) is 6.80. The van der Waals surface area contributed by atoms with Gasteiger partial charge in [-0.25, -0.2) is 4.39 Å². The molecule has 0 radical (unpaired) electrons. The molecule has 1 saturated carbocycles. The summed E-state index contributed by atoms with van der Waals surface area (Å²) >= 11 is 0. The van der Waals surface area contributed by atoms with E-state index >= 15 is 0 Å². The van der Waals surface area contributed by atoms with E-state index in [1.807, 2.05) is 4.90 Å². The average molecular weight is 563 g/mol. The monoisotopic (exact) mass is 562 g/mol. The third kappa shape index (κ3) is 5.80. The lowest BCUT2D eigenvalue weighted by atomic mass is 9.67. The number of hydrogen-bond acceptors (Lipinski definition) is 5. The number of amides is 2. The highest BCUT2D eigenvalue weighted by atomic mass is 19.4. The number of benzene rings is 1. The normalized spacial score (nSPS) is 21.7. The van der Waals surface area contributed by atoms with Crippen molar-refractivity contribution in [3.8, 4) is 17.0 Å². The molecular weight excluding hydrogens is 528 g/mol. The molecule has 1 aromatic carbocycles. The Morgan fingerprint density at radius 2 is 1.80 bits per heavy atom. The highest BCUT2D eigenvalue weighted by Gasteiger charge is 2.58. The van der Waals surface area contributed by atoms with Crippen LogP contribution in [0.2, 0.25) is 0 Å². The van der Waals surface area contributed by atoms with E-state index in [4.69, 9.17) is 10.5 Å². The maximum atomic E-state index is 15.0. The molecule has 2 aliphatic heterocycles. The highest BCUT2D eigenvalue weighted by Crippen LogP contribution is 2.53. The Morgan fingerprint density at radius 1 is 1.05 bits per heavy atom. The molecule has 3 heterocycles. The molecule has 2 amide bonds. The van der Waals surface area contributed by atoms with Crippen molar-refractivity contribution in [3.05, 3.63) is 47.9 Å². The molecule has 3 aliphatic rings. The standard InChI is InChI=1S/C29H34F4N4O3/c30-23-15-20(27(39)37-12-1-3-25(37)26(34)38)4-6-22(23)24-7-5-21(16-35-24)40-17-19-8-13-36(14-9-19)18-28(10-2-11-28)29(31,32)33/h4-7,15-16,19,25H,1-3,8-14,17-18H2,(H2,34,38). The lowest BCUT2D eigenvalue weighted by Gasteiger charge is -2.47. The van der Waals surface area contributed by atoms with E-state index in [1.165, 1.54) is 23.2 Å². The van der Waals surface area contributed by atoms with Crippen LogP contribution in [0.15, 0.2) is 36.5 Å². The van der Waals surface area contributed by atoms with Gasteiger partial charge in [0.25, 0.3) is 5.91 Å². The van der Waals surface area contributed by atoms with E-state index in [9.17, 15) is 27.2 Å². The molecule has 2 saturated heterocycles. The summed E-state index contributed by atoms with van der Waals surface area (Å²) in [4.78, 5) is 32.1. The molecule has 2 aromatic rings. The number of nitrogens with two attached hydrogens (primary N) is 1. The van der Waals surface area contributed by atoms with Crippen LogP contribution >= 0.6 is 0 Å². The van der Waals surface area contributed by atoms with Gasteiger partial charge in [0.2, 0.25) is 5.91 Å². The number of carbonyl (C=O) groups is 2. The van der Waals surface area contributed by atoms with Crippen LogP contribution in [0.4, 0.5) is 17.6 Å². The number of carbonyl (C=O) groups excluding carboxylic acids is 2. The van der Waals surface area contributed by atoms with Crippen LogP contribution < -0.4 is 10.5 Å². The minimum atomic E-state index is -4.14. The van der Waals surface area contributed by atoms with Crippen molar-refractivity contribution in [2.75, 3.05) is 32.8 Å². The summed E-state index contributed by atoms with van der Waals surface area (Å²) in [6.45, 7) is 2.18. The summed E-state index contributed by atoms with van der Waals surface area (Å²) in [6.07, 6.45) is 1.17. The maximum absolute atomic E-state index is 15.0. The van der Waals surface area contributed by atoms with Gasteiger partial charge in [0.15, 0.2) is 0 Å². The van der Waals surface area contributed by atoms with Gasteiger partial charge in [-0.15, -0.1) is 0 Å². The van der Waals surface area contributed by atoms with Crippen molar-refractivity contribution < 1.29 is 31.9 Å². The topological polar surface area (TPSA) is 88.8 Å². The van der Waals surface area contributed by atoms with Gasteiger partial charge in [-0.1, -0.05) is 6.42 Å². The van der Waals surface area contributed by atoms with Crippen LogP contribution in [0.5, 0.6) is 5.75 Å². The fourth-order valence-corrected chi connectivity index (χ4v) is 6.04. The number of alkyl halides is 3. The zero-order valence-corrected chi connectivity index (χ0v) is 22.3. The third-order valence-electron chi connectivity index (χ3n) is 8.70. The first-order valence-corrected chi connectivity index (χ1v) is 13.8. The Hall–Kier alpha value is -3.21. The Bertz CT molecular complexity index is 1220. The summed E-state index contributed by atoms with van der Waals surface area (Å²) in [5.74, 6) is -0.843. The number of nitrogens with zero attached hydrogens (tertiary/aromatic N) is 3. The van der Waals surface area contributed by atoms with Gasteiger partial charge < -0.3 is 20.3 Å². The van der Waals surface area contributed by atoms with Gasteiger partial charge in [0, 0.05) is 24.2 Å². The summed E-state index contributed by atoms with van der Waals surface area (Å²) in [5, 5.41) is 0. The second kappa shape index (κ2) is 11.3. The van der Waals surface area contributed by atoms with E-state index in [1.54, 1.807) is 12.1 Å². The summed E-state index contributed by atoms with van der Waals surface area (Å²) < 4.78 is 61.3. The Balaban J connectivity index is 1.12. The number of aromatic nitrogens is 1. The van der Waals surface area contributed by atoms with Gasteiger partial charge in [0.1, 0.15) is 17.6 Å². The van der Waals surface area contributed by atoms with E-state index in [2.05, 4.69) is 4.98 Å². The fourth-order valence-electron chi connectivity index (χ4n) is 6.04. The van der Waals surface area contributed by atoms with Crippen molar-refractivity contribution in [3.63, 3.8) is 0 Å². The second-order valence-corrected chi connectivity index (χ2v) is 11.3. The van der Waals surface area contributed by atoms with Gasteiger partial charge in [-0.2, -0.15) is 13.2 Å². The zero-order chi connectivity index (χ0) is 28.5. The number of rotatable bonds is 8. The molecule has 0 bridgehead atoms. The summed E-state index contributed by atoms with van der Waals surface area (Å²) in [5.41, 5.74) is 4.61. The average Bonchev–Trinajstić information content (AvgIpc) is 3.40. The lowest BCUT2D eigenvalue weighted by Crippen LogP contribution is -2.53. The van der Waals surface area contributed by atoms with Crippen molar-refractivity contribution in [2.45, 2.75) is 57.2 Å². The van der Waals surface area contributed by atoms with Crippen LogP contribution in [0.25, 0.3) is 11.3 Å². The largest absolute Gasteiger partial charge is 0.492 e. The molecule has 11 heteroatoms. The molecule has 2 N–H and O–H groups in total. The van der Waals surface area contributed by atoms with Crippen LogP contribution in [0, 0.1) is 17.2 Å². The number of primary amides is 1. The van der Waals surface area contributed by atoms with E-state index < -0.39 is 35.3 Å². The van der Waals surface area contributed by atoms with Crippen LogP contribution in [0.1, 0.15) is 55.3 Å². The molecule has 1 aliphatic carbocycles. The SMILES string of the molecule is NC(=O)C1CCCN1C(=O)c1ccc(-c2ccc(OCC3CCN(CC4(C(F)(F)F)CCC4)CC3)cn2)c(F)c1. The Labute approximate surface area is 230 Å². The molecule has 1 unspecified atom stereocenters. The quantitative estimate of drug-likeness (QED) is 0.467. The first kappa shape index (κ1) is 28.3. The predicted molar refractivity (Wildman–Crippen MR) is 140 cm³/mol. The Morgan fingerprint density at radius 3 is 2.38 bits per heavy atom. The molecule has 1 atom stereocenters. The third-order valence-corrected chi connectivity index (χ3v) is 8.70. The zero-order valence-electron chi connectivity index (χ0n) is 22.3. The van der Waals surface area contributed by atoms with Crippen LogP contribution in [-0.2, 0) is 4.79 Å². The lowest BCUT2D eigenvalue weighted by molar-refractivity contribution is -0.256. The maximum Gasteiger partial charge on any atom is 0.395 e. The number of piperidine rings is 1. The van der Waals surface area contributed by atoms with Crippen molar-refractivity contribution in [1.29, 1.82) is 0 Å². The number of halogens is 4. The van der Waals surface area contributed by atoms with E-state index in [0.717, 1.165) is 18.9 Å². The van der Waals surface area contributed by atoms with E-state index in [0.29, 0.717) is 56.9 Å². The molecular formula is C29H34F4N4O3. The van der Waals surface area contributed by atoms with Gasteiger partial charge in [0.05, 0.1) is 23.9 Å². The smallest absolute Gasteiger partial charge is 0.395 e. The van der Waals surface area contributed by atoms with E-state index in [-0.39, 0.29) is 36.4 Å². The molecule has 1 aromatic heterocycles. The van der Waals surface area contributed by atoms with Gasteiger partial charge >= 0.3 is 6.18 Å². The van der Waals surface area contributed by atoms with Crippen LogP contribution in [0.3, 0.4) is 0 Å².